The van der Waals surface area contributed by atoms with Gasteiger partial charge in [0.25, 0.3) is 0 Å². The maximum Gasteiger partial charge on any atom is 0.191 e. The van der Waals surface area contributed by atoms with E-state index in [9.17, 15) is 0 Å². The first kappa shape index (κ1) is 22.7. The fourth-order valence-electron chi connectivity index (χ4n) is 3.77. The summed E-state index contributed by atoms with van der Waals surface area (Å²) in [5.74, 6) is 1.71. The van der Waals surface area contributed by atoms with Crippen LogP contribution < -0.4 is 10.6 Å². The number of aliphatic imine (C=N–C) groups is 1. The van der Waals surface area contributed by atoms with Crippen LogP contribution in [0.1, 0.15) is 39.5 Å². The Balaban J connectivity index is 0.00000312. The van der Waals surface area contributed by atoms with E-state index in [-0.39, 0.29) is 24.0 Å². The molecule has 2 aliphatic heterocycles. The van der Waals surface area contributed by atoms with Crippen molar-refractivity contribution in [1.29, 1.82) is 0 Å². The molecule has 0 radical (unpaired) electrons. The number of piperidine rings is 2. The lowest BCUT2D eigenvalue weighted by molar-refractivity contribution is 0.213. The van der Waals surface area contributed by atoms with Gasteiger partial charge in [0.15, 0.2) is 5.96 Å². The number of hydrogen-bond donors (Lipinski definition) is 2. The van der Waals surface area contributed by atoms with Crippen LogP contribution in [0.2, 0.25) is 0 Å². The van der Waals surface area contributed by atoms with E-state index in [2.05, 4.69) is 47.9 Å². The molecule has 1 unspecified atom stereocenters. The summed E-state index contributed by atoms with van der Waals surface area (Å²) in [6.07, 6.45) is 4.99. The highest BCUT2D eigenvalue weighted by Gasteiger charge is 2.20. The van der Waals surface area contributed by atoms with Crippen molar-refractivity contribution in [1.82, 2.24) is 20.4 Å². The van der Waals surface area contributed by atoms with Gasteiger partial charge in [-0.1, -0.05) is 12.2 Å². The van der Waals surface area contributed by atoms with Crippen molar-refractivity contribution in [3.8, 4) is 0 Å². The second-order valence-electron chi connectivity index (χ2n) is 7.64. The molecule has 2 aliphatic rings. The number of nitrogens with zero attached hydrogens (tertiary/aromatic N) is 3. The summed E-state index contributed by atoms with van der Waals surface area (Å²) < 4.78 is 0. The molecule has 2 fully saturated rings. The molecule has 2 rings (SSSR count). The van der Waals surface area contributed by atoms with E-state index in [0.717, 1.165) is 38.7 Å². The van der Waals surface area contributed by atoms with Crippen molar-refractivity contribution < 1.29 is 0 Å². The lowest BCUT2D eigenvalue weighted by Crippen LogP contribution is -2.49. The van der Waals surface area contributed by atoms with Crippen molar-refractivity contribution in [2.24, 2.45) is 10.9 Å². The van der Waals surface area contributed by atoms with Crippen LogP contribution in [0.4, 0.5) is 0 Å². The Morgan fingerprint density at radius 3 is 2.52 bits per heavy atom. The quantitative estimate of drug-likeness (QED) is 0.275. The largest absolute Gasteiger partial charge is 0.357 e. The van der Waals surface area contributed by atoms with E-state index in [1.807, 2.05) is 0 Å². The van der Waals surface area contributed by atoms with Crippen LogP contribution in [0.15, 0.2) is 17.1 Å². The molecule has 2 heterocycles. The highest BCUT2D eigenvalue weighted by atomic mass is 127. The van der Waals surface area contributed by atoms with Crippen LogP contribution in [0, 0.1) is 5.92 Å². The SMILES string of the molecule is C=C(C)CN1CCC(NC(=NCC2CCCN(C)C2)NCC)CC1.I. The minimum absolute atomic E-state index is 0. The van der Waals surface area contributed by atoms with Gasteiger partial charge in [-0.05, 0) is 59.0 Å². The molecular weight excluding hydrogens is 425 g/mol. The Labute approximate surface area is 171 Å². The molecule has 0 spiro atoms. The van der Waals surface area contributed by atoms with E-state index in [4.69, 9.17) is 4.99 Å². The third kappa shape index (κ3) is 8.73. The summed E-state index contributed by atoms with van der Waals surface area (Å²) in [5.41, 5.74) is 1.26. The van der Waals surface area contributed by atoms with Gasteiger partial charge in [0, 0.05) is 45.3 Å². The molecule has 6 heteroatoms. The van der Waals surface area contributed by atoms with Gasteiger partial charge >= 0.3 is 0 Å². The number of nitrogens with one attached hydrogen (secondary N) is 2. The molecular formula is C19H38IN5. The topological polar surface area (TPSA) is 42.9 Å². The molecule has 0 aromatic carbocycles. The van der Waals surface area contributed by atoms with Gasteiger partial charge in [0.1, 0.15) is 0 Å². The van der Waals surface area contributed by atoms with Gasteiger partial charge in [0.2, 0.25) is 0 Å². The lowest BCUT2D eigenvalue weighted by atomic mass is 9.99. The van der Waals surface area contributed by atoms with Gasteiger partial charge in [0.05, 0.1) is 0 Å². The fraction of sp³-hybridized carbons (Fsp3) is 0.842. The first-order chi connectivity index (χ1) is 11.6. The molecule has 5 nitrogen and oxygen atoms in total. The van der Waals surface area contributed by atoms with Crippen molar-refractivity contribution in [2.45, 2.75) is 45.6 Å². The normalized spacial score (nSPS) is 23.8. The van der Waals surface area contributed by atoms with Gasteiger partial charge < -0.3 is 15.5 Å². The molecule has 0 aromatic rings. The average molecular weight is 463 g/mol. The first-order valence-corrected chi connectivity index (χ1v) is 9.67. The standard InChI is InChI=1S/C19H37N5.HI/c1-5-20-19(21-13-17-7-6-10-23(4)15-17)22-18-8-11-24(12-9-18)14-16(2)3;/h17-18H,2,5-15H2,1,3-4H3,(H2,20,21,22);1H. The number of rotatable bonds is 6. The highest BCUT2D eigenvalue weighted by Crippen LogP contribution is 2.15. The third-order valence-electron chi connectivity index (χ3n) is 5.00. The van der Waals surface area contributed by atoms with Crippen molar-refractivity contribution in [3.63, 3.8) is 0 Å². The zero-order valence-electron chi connectivity index (χ0n) is 16.4. The van der Waals surface area contributed by atoms with Crippen LogP contribution >= 0.6 is 24.0 Å². The molecule has 1 atom stereocenters. The molecule has 146 valence electrons. The highest BCUT2D eigenvalue weighted by molar-refractivity contribution is 14.0. The van der Waals surface area contributed by atoms with Crippen LogP contribution in [0.25, 0.3) is 0 Å². The molecule has 2 N–H and O–H groups in total. The van der Waals surface area contributed by atoms with Gasteiger partial charge in [-0.25, -0.2) is 0 Å². The van der Waals surface area contributed by atoms with Gasteiger partial charge in [-0.3, -0.25) is 9.89 Å². The van der Waals surface area contributed by atoms with E-state index < -0.39 is 0 Å². The molecule has 25 heavy (non-hydrogen) atoms. The minimum atomic E-state index is 0. The Morgan fingerprint density at radius 2 is 1.92 bits per heavy atom. The van der Waals surface area contributed by atoms with Crippen molar-refractivity contribution in [3.05, 3.63) is 12.2 Å². The summed E-state index contributed by atoms with van der Waals surface area (Å²) in [6, 6.07) is 0.540. The lowest BCUT2D eigenvalue weighted by Gasteiger charge is -2.33. The first-order valence-electron chi connectivity index (χ1n) is 9.67. The molecule has 0 aliphatic carbocycles. The summed E-state index contributed by atoms with van der Waals surface area (Å²) >= 11 is 0. The summed E-state index contributed by atoms with van der Waals surface area (Å²) in [5, 5.41) is 7.08. The van der Waals surface area contributed by atoms with Crippen LogP contribution in [-0.2, 0) is 0 Å². The second kappa shape index (κ2) is 12.1. The fourth-order valence-corrected chi connectivity index (χ4v) is 3.77. The van der Waals surface area contributed by atoms with Crippen molar-refractivity contribution >= 4 is 29.9 Å². The maximum absolute atomic E-state index is 4.87. The number of hydrogen-bond acceptors (Lipinski definition) is 3. The molecule has 2 saturated heterocycles. The van der Waals surface area contributed by atoms with E-state index >= 15 is 0 Å². The summed E-state index contributed by atoms with van der Waals surface area (Å²) in [4.78, 5) is 9.81. The Kier molecular flexibility index (Phi) is 11.0. The Hall–Kier alpha value is -0.340. The summed E-state index contributed by atoms with van der Waals surface area (Å²) in [7, 11) is 2.22. The van der Waals surface area contributed by atoms with E-state index in [0.29, 0.717) is 12.0 Å². The van der Waals surface area contributed by atoms with Gasteiger partial charge in [-0.15, -0.1) is 24.0 Å². The number of guanidine groups is 1. The minimum Gasteiger partial charge on any atom is -0.357 e. The Morgan fingerprint density at radius 1 is 1.20 bits per heavy atom. The number of likely N-dealkylation sites (tertiary alicyclic amines) is 2. The average Bonchev–Trinajstić information content (AvgIpc) is 2.54. The Bertz CT molecular complexity index is 418. The third-order valence-corrected chi connectivity index (χ3v) is 5.00. The van der Waals surface area contributed by atoms with Gasteiger partial charge in [-0.2, -0.15) is 0 Å². The van der Waals surface area contributed by atoms with Crippen LogP contribution in [-0.4, -0.2) is 74.7 Å². The smallest absolute Gasteiger partial charge is 0.191 e. The van der Waals surface area contributed by atoms with Crippen LogP contribution in [0.3, 0.4) is 0 Å². The van der Waals surface area contributed by atoms with Crippen LogP contribution in [0.5, 0.6) is 0 Å². The zero-order valence-corrected chi connectivity index (χ0v) is 18.7. The maximum atomic E-state index is 4.87. The number of halogens is 1. The molecule has 0 aromatic heterocycles. The molecule has 0 saturated carbocycles. The second-order valence-corrected chi connectivity index (χ2v) is 7.64. The molecule has 0 amide bonds. The predicted molar refractivity (Wildman–Crippen MR) is 119 cm³/mol. The monoisotopic (exact) mass is 463 g/mol. The predicted octanol–water partition coefficient (Wildman–Crippen LogP) is 2.54. The zero-order chi connectivity index (χ0) is 17.4. The van der Waals surface area contributed by atoms with Crippen molar-refractivity contribution in [2.75, 3.05) is 52.9 Å². The molecule has 0 bridgehead atoms. The van der Waals surface area contributed by atoms with E-state index in [1.54, 1.807) is 0 Å². The van der Waals surface area contributed by atoms with E-state index in [1.165, 1.54) is 44.3 Å². The summed E-state index contributed by atoms with van der Waals surface area (Å²) in [6.45, 7) is 15.9.